The fourth-order valence-electron chi connectivity index (χ4n) is 2.83. The summed E-state index contributed by atoms with van der Waals surface area (Å²) >= 11 is 1.52. The highest BCUT2D eigenvalue weighted by Gasteiger charge is 2.23. The fourth-order valence-corrected chi connectivity index (χ4v) is 3.43. The van der Waals surface area contributed by atoms with Crippen molar-refractivity contribution in [3.8, 4) is 5.75 Å². The lowest BCUT2D eigenvalue weighted by Crippen LogP contribution is -2.25. The van der Waals surface area contributed by atoms with Crippen molar-refractivity contribution in [3.05, 3.63) is 59.2 Å². The normalized spacial score (nSPS) is 13.1. The molecule has 148 valence electrons. The first-order chi connectivity index (χ1) is 13.5. The molecule has 5 nitrogen and oxygen atoms in total. The van der Waals surface area contributed by atoms with E-state index in [1.54, 1.807) is 24.3 Å². The van der Waals surface area contributed by atoms with Crippen molar-refractivity contribution in [3.63, 3.8) is 0 Å². The second kappa shape index (κ2) is 9.64. The number of ether oxygens (including phenoxy) is 1. The second-order valence-corrected chi connectivity index (χ2v) is 8.21. The zero-order chi connectivity index (χ0) is 19.9. The Bertz CT molecular complexity index is 829. The van der Waals surface area contributed by atoms with Gasteiger partial charge in [0.15, 0.2) is 0 Å². The van der Waals surface area contributed by atoms with Crippen LogP contribution < -0.4 is 15.4 Å². The molecular weight excluding hydrogens is 372 g/mol. The minimum absolute atomic E-state index is 0.0866. The molecule has 0 spiro atoms. The van der Waals surface area contributed by atoms with Crippen molar-refractivity contribution in [2.45, 2.75) is 32.7 Å². The van der Waals surface area contributed by atoms with Gasteiger partial charge in [0.2, 0.25) is 5.91 Å². The minimum Gasteiger partial charge on any atom is -0.493 e. The maximum Gasteiger partial charge on any atom is 0.251 e. The van der Waals surface area contributed by atoms with Crippen LogP contribution >= 0.6 is 11.8 Å². The van der Waals surface area contributed by atoms with E-state index in [0.717, 1.165) is 24.3 Å². The Kier molecular flexibility index (Phi) is 6.98. The maximum absolute atomic E-state index is 12.1. The highest BCUT2D eigenvalue weighted by molar-refractivity contribution is 7.99. The molecule has 0 bridgehead atoms. The van der Waals surface area contributed by atoms with E-state index in [1.165, 1.54) is 22.9 Å². The third-order valence-corrected chi connectivity index (χ3v) is 5.17. The van der Waals surface area contributed by atoms with Crippen molar-refractivity contribution >= 4 is 29.3 Å². The highest BCUT2D eigenvalue weighted by Crippen LogP contribution is 2.20. The molecule has 2 amide bonds. The van der Waals surface area contributed by atoms with Crippen LogP contribution in [0.15, 0.2) is 42.5 Å². The van der Waals surface area contributed by atoms with Gasteiger partial charge in [-0.1, -0.05) is 12.1 Å². The van der Waals surface area contributed by atoms with Crippen molar-refractivity contribution in [2.24, 2.45) is 0 Å². The largest absolute Gasteiger partial charge is 0.493 e. The summed E-state index contributed by atoms with van der Waals surface area (Å²) in [7, 11) is 0. The standard InChI is InChI=1S/C22H26N2O3S/c1-15-10-16(2)12-20(11-15)27-8-9-28-14-21(25)23-19-5-3-4-17(13-19)22(26)24-18-6-7-18/h3-5,10-13,18H,6-9,14H2,1-2H3,(H,23,25)(H,24,26). The molecule has 1 fully saturated rings. The van der Waals surface area contributed by atoms with Crippen LogP contribution in [0.5, 0.6) is 5.75 Å². The van der Waals surface area contributed by atoms with Crippen molar-refractivity contribution in [1.29, 1.82) is 0 Å². The maximum atomic E-state index is 12.1. The Morgan fingerprint density at radius 3 is 2.57 bits per heavy atom. The molecule has 2 aromatic rings. The quantitative estimate of drug-likeness (QED) is 0.628. The molecule has 0 heterocycles. The summed E-state index contributed by atoms with van der Waals surface area (Å²) in [4.78, 5) is 24.2. The lowest BCUT2D eigenvalue weighted by atomic mass is 10.1. The molecule has 28 heavy (non-hydrogen) atoms. The van der Waals surface area contributed by atoms with Gasteiger partial charge in [-0.25, -0.2) is 0 Å². The third-order valence-electron chi connectivity index (χ3n) is 4.25. The van der Waals surface area contributed by atoms with Gasteiger partial charge in [0.05, 0.1) is 12.4 Å². The minimum atomic E-state index is -0.0869. The number of carbonyl (C=O) groups is 2. The van der Waals surface area contributed by atoms with Crippen LogP contribution in [0, 0.1) is 13.8 Å². The number of carbonyl (C=O) groups excluding carboxylic acids is 2. The SMILES string of the molecule is Cc1cc(C)cc(OCCSCC(=O)Nc2cccc(C(=O)NC3CC3)c2)c1. The monoisotopic (exact) mass is 398 g/mol. The molecule has 2 N–H and O–H groups in total. The van der Waals surface area contributed by atoms with Gasteiger partial charge in [0.25, 0.3) is 5.91 Å². The van der Waals surface area contributed by atoms with Crippen molar-refractivity contribution in [1.82, 2.24) is 5.32 Å². The molecule has 0 unspecified atom stereocenters. The van der Waals surface area contributed by atoms with Crippen molar-refractivity contribution < 1.29 is 14.3 Å². The number of rotatable bonds is 9. The zero-order valence-electron chi connectivity index (χ0n) is 16.3. The van der Waals surface area contributed by atoms with Crippen LogP contribution in [-0.4, -0.2) is 36.0 Å². The highest BCUT2D eigenvalue weighted by atomic mass is 32.2. The fraction of sp³-hybridized carbons (Fsp3) is 0.364. The average molecular weight is 399 g/mol. The summed E-state index contributed by atoms with van der Waals surface area (Å²) in [5.41, 5.74) is 3.56. The number of nitrogens with one attached hydrogen (secondary N) is 2. The van der Waals surface area contributed by atoms with E-state index in [0.29, 0.717) is 29.7 Å². The number of hydrogen-bond acceptors (Lipinski definition) is 4. The molecule has 3 rings (SSSR count). The van der Waals surface area contributed by atoms with Gasteiger partial charge in [-0.15, -0.1) is 11.8 Å². The summed E-state index contributed by atoms with van der Waals surface area (Å²) in [6.07, 6.45) is 2.10. The van der Waals surface area contributed by atoms with Gasteiger partial charge in [-0.05, 0) is 68.1 Å². The smallest absolute Gasteiger partial charge is 0.251 e. The number of benzene rings is 2. The lowest BCUT2D eigenvalue weighted by Gasteiger charge is -2.09. The Labute approximate surface area is 170 Å². The third kappa shape index (κ3) is 6.60. The lowest BCUT2D eigenvalue weighted by molar-refractivity contribution is -0.113. The van der Waals surface area contributed by atoms with E-state index in [9.17, 15) is 9.59 Å². The van der Waals surface area contributed by atoms with Gasteiger partial charge < -0.3 is 15.4 Å². The number of amides is 2. The molecule has 0 aromatic heterocycles. The first-order valence-corrected chi connectivity index (χ1v) is 10.6. The van der Waals surface area contributed by atoms with Gasteiger partial charge in [0.1, 0.15) is 5.75 Å². The van der Waals surface area contributed by atoms with E-state index in [-0.39, 0.29) is 11.8 Å². The predicted octanol–water partition coefficient (Wildman–Crippen LogP) is 3.95. The molecule has 0 atom stereocenters. The molecule has 6 heteroatoms. The summed E-state index contributed by atoms with van der Waals surface area (Å²) in [6.45, 7) is 4.64. The van der Waals surface area contributed by atoms with Crippen LogP contribution in [0.2, 0.25) is 0 Å². The number of anilines is 1. The van der Waals surface area contributed by atoms with E-state index >= 15 is 0 Å². The molecule has 0 aliphatic heterocycles. The average Bonchev–Trinajstić information content (AvgIpc) is 3.45. The molecule has 1 aliphatic rings. The zero-order valence-corrected chi connectivity index (χ0v) is 17.1. The Morgan fingerprint density at radius 1 is 1.11 bits per heavy atom. The number of thioether (sulfide) groups is 1. The second-order valence-electron chi connectivity index (χ2n) is 7.10. The van der Waals surface area contributed by atoms with Crippen LogP contribution in [0.25, 0.3) is 0 Å². The predicted molar refractivity (Wildman–Crippen MR) is 114 cm³/mol. The summed E-state index contributed by atoms with van der Waals surface area (Å²) in [5.74, 6) is 1.76. The van der Waals surface area contributed by atoms with E-state index < -0.39 is 0 Å². The van der Waals surface area contributed by atoms with Gasteiger partial charge in [0, 0.05) is 23.0 Å². The number of hydrogen-bond donors (Lipinski definition) is 2. The van der Waals surface area contributed by atoms with Crippen LogP contribution in [0.1, 0.15) is 34.3 Å². The Balaban J connectivity index is 1.37. The van der Waals surface area contributed by atoms with Crippen LogP contribution in [0.4, 0.5) is 5.69 Å². The summed E-state index contributed by atoms with van der Waals surface area (Å²) in [6, 6.07) is 13.5. The Morgan fingerprint density at radius 2 is 1.86 bits per heavy atom. The topological polar surface area (TPSA) is 67.4 Å². The molecule has 0 saturated heterocycles. The molecule has 1 aliphatic carbocycles. The first-order valence-electron chi connectivity index (χ1n) is 9.49. The number of aryl methyl sites for hydroxylation is 2. The Hall–Kier alpha value is -2.47. The van der Waals surface area contributed by atoms with E-state index in [4.69, 9.17) is 4.74 Å². The molecule has 0 radical (unpaired) electrons. The molecular formula is C22H26N2O3S. The van der Waals surface area contributed by atoms with Gasteiger partial charge >= 0.3 is 0 Å². The molecule has 2 aromatic carbocycles. The van der Waals surface area contributed by atoms with Crippen LogP contribution in [0.3, 0.4) is 0 Å². The van der Waals surface area contributed by atoms with E-state index in [1.807, 2.05) is 26.0 Å². The first kappa shape index (κ1) is 20.3. The van der Waals surface area contributed by atoms with E-state index in [2.05, 4.69) is 16.7 Å². The summed E-state index contributed by atoms with van der Waals surface area (Å²) < 4.78 is 5.75. The van der Waals surface area contributed by atoms with Crippen molar-refractivity contribution in [2.75, 3.05) is 23.4 Å². The summed E-state index contributed by atoms with van der Waals surface area (Å²) in [5, 5.41) is 5.80. The van der Waals surface area contributed by atoms with Gasteiger partial charge in [-0.2, -0.15) is 0 Å². The van der Waals surface area contributed by atoms with Gasteiger partial charge in [-0.3, -0.25) is 9.59 Å². The molecule has 1 saturated carbocycles. The van der Waals surface area contributed by atoms with Crippen LogP contribution in [-0.2, 0) is 4.79 Å².